The van der Waals surface area contributed by atoms with Crippen molar-refractivity contribution in [2.75, 3.05) is 27.3 Å². The fourth-order valence-corrected chi connectivity index (χ4v) is 8.65. The number of alkyl halides is 1. The number of amides is 2. The Balaban J connectivity index is 0.000000126. The van der Waals surface area contributed by atoms with Crippen LogP contribution in [-0.2, 0) is 34.3 Å². The molecule has 4 aliphatic carbocycles. The second-order valence-corrected chi connectivity index (χ2v) is 16.9. The molecule has 2 aromatic carbocycles. The van der Waals surface area contributed by atoms with E-state index in [-0.39, 0.29) is 45.5 Å². The third-order valence-electron chi connectivity index (χ3n) is 12.2. The highest BCUT2D eigenvalue weighted by Crippen LogP contribution is 2.52. The minimum absolute atomic E-state index is 0.0448. The molecule has 11 rings (SSSR count). The lowest BCUT2D eigenvalue weighted by molar-refractivity contribution is -0.134. The maximum Gasteiger partial charge on any atom is 0.253 e. The molecule has 3 N–H and O–H groups in total. The highest BCUT2D eigenvalue weighted by Gasteiger charge is 2.52. The van der Waals surface area contributed by atoms with Crippen molar-refractivity contribution >= 4 is 39.3 Å². The van der Waals surface area contributed by atoms with E-state index in [2.05, 4.69) is 46.5 Å². The molecule has 5 heterocycles. The molecule has 2 aliphatic heterocycles. The Kier molecular flexibility index (Phi) is 9.69. The first-order valence-electron chi connectivity index (χ1n) is 19.6. The Morgan fingerprint density at radius 3 is 1.84 bits per heavy atom. The Bertz CT molecular complexity index is 2470. The minimum Gasteiger partial charge on any atom is -0.497 e. The highest BCUT2D eigenvalue weighted by molar-refractivity contribution is 9.10. The average molecular weight is 845 g/mol. The molecule has 3 fully saturated rings. The standard InChI is InChI=1S/C22H20N4O2.C15H13BrN2O2.C7H9NO2/c1-28-14-5-2-12(3-6-14)20-23-10-13-4-7-15-16-19(25-18(15)17(13)26-20)22(8-9-22)11-24-21(16)27;1-20-11-5-2-9(3-6-11)15-17-8-10-4-7-12(16)14(19)13(10)18-15;9-5-3-6(10)8-4-7(5)1-2-7/h2-3,5-6,10,25H,4,7-9,11H2,1H3,(H,24,27);2-3,5-6,8,12H,4,7H2,1H3;1-4H2,(H,8,10). The monoisotopic (exact) mass is 843 g/mol. The van der Waals surface area contributed by atoms with Gasteiger partial charge in [0.1, 0.15) is 23.0 Å². The summed E-state index contributed by atoms with van der Waals surface area (Å²) in [7, 11) is 3.28. The van der Waals surface area contributed by atoms with Gasteiger partial charge in [-0.3, -0.25) is 19.2 Å². The van der Waals surface area contributed by atoms with E-state index in [1.165, 1.54) is 0 Å². The number of hydrogen-bond donors (Lipinski definition) is 3. The Morgan fingerprint density at radius 2 is 1.28 bits per heavy atom. The molecule has 1 saturated heterocycles. The SMILES string of the molecule is COc1ccc(-c2ncc3c(n2)-c2[nH]c4c(c2CC3)C(=O)NCC42CC2)cc1.COc1ccc(-c2ncc3c(n2)C(=O)C(Br)CC3)cc1.O=C1CC(=O)C2(CC2)CN1. The van der Waals surface area contributed by atoms with Crippen LogP contribution in [0, 0.1) is 5.41 Å². The number of aromatic nitrogens is 5. The van der Waals surface area contributed by atoms with Gasteiger partial charge in [-0.25, -0.2) is 19.9 Å². The van der Waals surface area contributed by atoms with E-state index in [4.69, 9.17) is 14.5 Å². The van der Waals surface area contributed by atoms with Gasteiger partial charge in [0.25, 0.3) is 5.91 Å². The van der Waals surface area contributed by atoms with Gasteiger partial charge >= 0.3 is 0 Å². The predicted octanol–water partition coefficient (Wildman–Crippen LogP) is 5.92. The first kappa shape index (κ1) is 37.8. The Morgan fingerprint density at radius 1 is 0.707 bits per heavy atom. The Labute approximate surface area is 343 Å². The van der Waals surface area contributed by atoms with Crippen molar-refractivity contribution in [2.45, 2.75) is 68.0 Å². The summed E-state index contributed by atoms with van der Waals surface area (Å²) in [5.74, 6) is 2.99. The number of Topliss-reactive ketones (excluding diaryl/α,β-unsaturated/α-hetero) is 2. The lowest BCUT2D eigenvalue weighted by Gasteiger charge is -2.23. The van der Waals surface area contributed by atoms with Crippen LogP contribution in [0.3, 0.4) is 0 Å². The molecule has 5 aromatic rings. The third-order valence-corrected chi connectivity index (χ3v) is 13.1. The number of nitrogens with one attached hydrogen (secondary N) is 3. The number of halogens is 1. The van der Waals surface area contributed by atoms with Crippen LogP contribution >= 0.6 is 15.9 Å². The van der Waals surface area contributed by atoms with Gasteiger partial charge in [0.05, 0.1) is 42.4 Å². The fraction of sp³-hybridized carbons (Fsp3) is 0.364. The van der Waals surface area contributed by atoms with Gasteiger partial charge in [0.15, 0.2) is 17.4 Å². The van der Waals surface area contributed by atoms with Crippen LogP contribution in [0.5, 0.6) is 11.5 Å². The summed E-state index contributed by atoms with van der Waals surface area (Å²) in [4.78, 5) is 68.3. The van der Waals surface area contributed by atoms with Gasteiger partial charge < -0.3 is 25.1 Å². The summed E-state index contributed by atoms with van der Waals surface area (Å²) in [5.41, 5.74) is 9.49. The smallest absolute Gasteiger partial charge is 0.253 e. The molecule has 1 unspecified atom stereocenters. The van der Waals surface area contributed by atoms with Crippen molar-refractivity contribution in [3.8, 4) is 45.7 Å². The molecule has 0 radical (unpaired) electrons. The van der Waals surface area contributed by atoms with E-state index in [1.807, 2.05) is 54.7 Å². The van der Waals surface area contributed by atoms with Gasteiger partial charge in [-0.05, 0) is 117 Å². The molecule has 58 heavy (non-hydrogen) atoms. The number of carbonyl (C=O) groups excluding carboxylic acids is 4. The van der Waals surface area contributed by atoms with E-state index in [9.17, 15) is 19.2 Å². The molecule has 296 valence electrons. The molecule has 0 bridgehead atoms. The van der Waals surface area contributed by atoms with Crippen LogP contribution in [0.4, 0.5) is 0 Å². The van der Waals surface area contributed by atoms with E-state index in [0.717, 1.165) is 120 Å². The summed E-state index contributed by atoms with van der Waals surface area (Å²) in [6, 6.07) is 15.3. The number of ketones is 2. The first-order valence-corrected chi connectivity index (χ1v) is 20.5. The molecular weight excluding hydrogens is 802 g/mol. The number of nitrogens with zero attached hydrogens (tertiary/aromatic N) is 4. The van der Waals surface area contributed by atoms with Crippen molar-refractivity contribution in [2.24, 2.45) is 5.41 Å². The van der Waals surface area contributed by atoms with Crippen LogP contribution in [0.2, 0.25) is 0 Å². The number of methoxy groups -OCH3 is 2. The zero-order valence-electron chi connectivity index (χ0n) is 32.2. The molecule has 1 atom stereocenters. The summed E-state index contributed by atoms with van der Waals surface area (Å²) < 4.78 is 10.4. The molecule has 2 amide bonds. The number of H-pyrrole nitrogens is 1. The quantitative estimate of drug-likeness (QED) is 0.145. The number of piperidine rings is 1. The second-order valence-electron chi connectivity index (χ2n) is 15.8. The number of ether oxygens (including phenoxy) is 2. The summed E-state index contributed by atoms with van der Waals surface area (Å²) in [5, 5.41) is 5.80. The number of aromatic amines is 1. The largest absolute Gasteiger partial charge is 0.497 e. The topological polar surface area (TPSA) is 178 Å². The van der Waals surface area contributed by atoms with Gasteiger partial charge in [-0.15, -0.1) is 0 Å². The minimum atomic E-state index is -0.131. The number of fused-ring (bicyclic) bond motifs is 7. The third kappa shape index (κ3) is 6.97. The number of hydrogen-bond acceptors (Lipinski definition) is 10. The van der Waals surface area contributed by atoms with Crippen molar-refractivity contribution in [1.29, 1.82) is 0 Å². The molecular formula is C44H42BrN7O6. The van der Waals surface area contributed by atoms with Crippen molar-refractivity contribution in [3.63, 3.8) is 0 Å². The van der Waals surface area contributed by atoms with Crippen LogP contribution in [-0.4, -0.2) is 80.4 Å². The number of aryl methyl sites for hydroxylation is 2. The van der Waals surface area contributed by atoms with Crippen molar-refractivity contribution in [3.05, 3.63) is 94.6 Å². The molecule has 3 aromatic heterocycles. The molecule has 6 aliphatic rings. The van der Waals surface area contributed by atoms with E-state index < -0.39 is 0 Å². The van der Waals surface area contributed by atoms with E-state index in [1.54, 1.807) is 20.4 Å². The number of carbonyl (C=O) groups is 4. The normalized spacial score (nSPS) is 19.7. The zero-order chi connectivity index (χ0) is 40.2. The van der Waals surface area contributed by atoms with Crippen molar-refractivity contribution < 1.29 is 28.7 Å². The second kappa shape index (κ2) is 14.9. The van der Waals surface area contributed by atoms with Crippen molar-refractivity contribution in [1.82, 2.24) is 35.6 Å². The zero-order valence-corrected chi connectivity index (χ0v) is 33.8. The maximum absolute atomic E-state index is 12.6. The lowest BCUT2D eigenvalue weighted by atomic mass is 9.88. The van der Waals surface area contributed by atoms with Gasteiger partial charge in [-0.2, -0.15) is 0 Å². The molecule has 2 saturated carbocycles. The predicted molar refractivity (Wildman–Crippen MR) is 218 cm³/mol. The average Bonchev–Trinajstić information content (AvgIpc) is 4.19. The van der Waals surface area contributed by atoms with Gasteiger partial charge in [-0.1, -0.05) is 15.9 Å². The van der Waals surface area contributed by atoms with E-state index >= 15 is 0 Å². The summed E-state index contributed by atoms with van der Waals surface area (Å²) in [6.45, 7) is 1.33. The number of rotatable bonds is 4. The molecule has 13 nitrogen and oxygen atoms in total. The summed E-state index contributed by atoms with van der Waals surface area (Å²) in [6.07, 6.45) is 11.4. The lowest BCUT2D eigenvalue weighted by Crippen LogP contribution is -2.42. The maximum atomic E-state index is 12.6. The van der Waals surface area contributed by atoms with Crippen LogP contribution in [0.15, 0.2) is 60.9 Å². The van der Waals surface area contributed by atoms with E-state index in [0.29, 0.717) is 23.9 Å². The van der Waals surface area contributed by atoms with Gasteiger partial charge in [0.2, 0.25) is 5.91 Å². The summed E-state index contributed by atoms with van der Waals surface area (Å²) >= 11 is 3.40. The fourth-order valence-electron chi connectivity index (χ4n) is 8.20. The number of benzene rings is 2. The molecule has 2 spiro atoms. The first-order chi connectivity index (χ1) is 28.1. The van der Waals surface area contributed by atoms with Gasteiger partial charge in [0, 0.05) is 53.1 Å². The highest BCUT2D eigenvalue weighted by atomic mass is 79.9. The molecule has 14 heteroatoms. The van der Waals surface area contributed by atoms with Crippen LogP contribution in [0.25, 0.3) is 34.2 Å². The Hall–Kier alpha value is -5.76. The van der Waals surface area contributed by atoms with Crippen LogP contribution < -0.4 is 20.1 Å². The van der Waals surface area contributed by atoms with Crippen LogP contribution in [0.1, 0.15) is 81.8 Å².